The lowest BCUT2D eigenvalue weighted by Crippen LogP contribution is -2.21. The van der Waals surface area contributed by atoms with Crippen LogP contribution in [0.4, 0.5) is 0 Å². The summed E-state index contributed by atoms with van der Waals surface area (Å²) in [7, 11) is 3.96. The smallest absolute Gasteiger partial charge is 0.225 e. The van der Waals surface area contributed by atoms with Gasteiger partial charge in [-0.25, -0.2) is 0 Å². The van der Waals surface area contributed by atoms with Gasteiger partial charge in [0, 0.05) is 6.54 Å². The summed E-state index contributed by atoms with van der Waals surface area (Å²) in [6.45, 7) is 1.47. The molecule has 0 saturated carbocycles. The van der Waals surface area contributed by atoms with E-state index in [4.69, 9.17) is 0 Å². The van der Waals surface area contributed by atoms with Gasteiger partial charge in [0.15, 0.2) is 0 Å². The van der Waals surface area contributed by atoms with Crippen molar-refractivity contribution in [2.24, 2.45) is 0 Å². The number of carbonyl (C=O) groups is 1. The molecule has 0 aliphatic rings. The summed E-state index contributed by atoms with van der Waals surface area (Å²) in [5.41, 5.74) is 0.544. The predicted octanol–water partition coefficient (Wildman–Crippen LogP) is 1.29. The second kappa shape index (κ2) is 5.68. The highest BCUT2D eigenvalue weighted by Gasteiger charge is 2.20. The van der Waals surface area contributed by atoms with E-state index < -0.39 is 0 Å². The number of likely N-dealkylation sites (N-methyl/N-ethyl adjacent to an activating group) is 1. The Kier molecular flexibility index (Phi) is 4.20. The van der Waals surface area contributed by atoms with E-state index in [1.807, 2.05) is 19.0 Å². The molecule has 0 bridgehead atoms. The Morgan fingerprint density at radius 2 is 2.28 bits per heavy atom. The Labute approximate surface area is 117 Å². The van der Waals surface area contributed by atoms with E-state index in [1.54, 1.807) is 10.9 Å². The number of rotatable bonds is 5. The van der Waals surface area contributed by atoms with Crippen LogP contribution in [0, 0.1) is 0 Å². The Morgan fingerprint density at radius 1 is 1.50 bits per heavy atom. The highest BCUT2D eigenvalue weighted by atomic mass is 79.9. The molecule has 0 unspecified atom stereocenters. The van der Waals surface area contributed by atoms with Crippen molar-refractivity contribution in [1.29, 1.82) is 0 Å². The molecule has 0 saturated heterocycles. The van der Waals surface area contributed by atoms with Crippen LogP contribution in [-0.2, 0) is 6.54 Å². The van der Waals surface area contributed by atoms with Crippen molar-refractivity contribution in [3.05, 3.63) is 27.4 Å². The van der Waals surface area contributed by atoms with E-state index in [0.29, 0.717) is 21.6 Å². The van der Waals surface area contributed by atoms with Crippen LogP contribution in [-0.4, -0.2) is 50.7 Å². The van der Waals surface area contributed by atoms with Crippen molar-refractivity contribution in [1.82, 2.24) is 24.3 Å². The topological polar surface area (TPSA) is 63.9 Å². The maximum Gasteiger partial charge on any atom is 0.225 e. The first-order valence-electron chi connectivity index (χ1n) is 5.27. The van der Waals surface area contributed by atoms with Gasteiger partial charge in [0.2, 0.25) is 5.78 Å². The Morgan fingerprint density at radius 3 is 2.89 bits per heavy atom. The molecule has 2 aromatic heterocycles. The number of ketones is 1. The molecule has 96 valence electrons. The van der Waals surface area contributed by atoms with Gasteiger partial charge >= 0.3 is 0 Å². The molecule has 0 aliphatic carbocycles. The molecule has 0 fully saturated rings. The van der Waals surface area contributed by atoms with Crippen molar-refractivity contribution in [3.8, 4) is 0 Å². The van der Waals surface area contributed by atoms with Crippen LogP contribution >= 0.6 is 27.5 Å². The van der Waals surface area contributed by atoms with Gasteiger partial charge in [-0.3, -0.25) is 9.48 Å². The largest absolute Gasteiger partial charge is 0.308 e. The van der Waals surface area contributed by atoms with Crippen molar-refractivity contribution in [3.63, 3.8) is 0 Å². The zero-order chi connectivity index (χ0) is 13.1. The Hall–Kier alpha value is -1.12. The normalized spacial score (nSPS) is 11.1. The van der Waals surface area contributed by atoms with Gasteiger partial charge in [0.25, 0.3) is 0 Å². The number of carbonyl (C=O) groups excluding carboxylic acids is 1. The highest BCUT2D eigenvalue weighted by molar-refractivity contribution is 9.10. The molecule has 0 N–H and O–H groups in total. The molecular formula is C10H12BrN5OS. The molecule has 0 radical (unpaired) electrons. The highest BCUT2D eigenvalue weighted by Crippen LogP contribution is 2.20. The maximum absolute atomic E-state index is 12.3. The number of hydrogen-bond acceptors (Lipinski definition) is 6. The van der Waals surface area contributed by atoms with E-state index in [-0.39, 0.29) is 5.78 Å². The third kappa shape index (κ3) is 2.82. The summed E-state index contributed by atoms with van der Waals surface area (Å²) in [6.07, 6.45) is 3.11. The lowest BCUT2D eigenvalue weighted by Gasteiger charge is -2.11. The van der Waals surface area contributed by atoms with Crippen LogP contribution in [0.5, 0.6) is 0 Å². The fraction of sp³-hybridized carbons (Fsp3) is 0.400. The van der Waals surface area contributed by atoms with Crippen LogP contribution < -0.4 is 0 Å². The van der Waals surface area contributed by atoms with E-state index in [0.717, 1.165) is 18.1 Å². The zero-order valence-corrected chi connectivity index (χ0v) is 12.4. The van der Waals surface area contributed by atoms with Gasteiger partial charge in [-0.05, 0) is 41.6 Å². The first-order chi connectivity index (χ1) is 8.59. The molecule has 0 amide bonds. The quantitative estimate of drug-likeness (QED) is 0.773. The third-order valence-corrected chi connectivity index (χ3v) is 3.60. The fourth-order valence-electron chi connectivity index (χ4n) is 1.44. The second-order valence-corrected chi connectivity index (χ2v) is 5.62. The van der Waals surface area contributed by atoms with Crippen LogP contribution in [0.1, 0.15) is 15.4 Å². The number of nitrogens with zero attached hydrogens (tertiary/aromatic N) is 5. The van der Waals surface area contributed by atoms with Gasteiger partial charge in [-0.2, -0.15) is 5.10 Å². The van der Waals surface area contributed by atoms with Crippen molar-refractivity contribution >= 4 is 33.2 Å². The second-order valence-electron chi connectivity index (χ2n) is 3.98. The SMILES string of the molecule is CN(C)CCn1ncc(Br)c1C(=O)c1cnns1. The zero-order valence-electron chi connectivity index (χ0n) is 10.00. The summed E-state index contributed by atoms with van der Waals surface area (Å²) >= 11 is 4.44. The summed E-state index contributed by atoms with van der Waals surface area (Å²) in [6, 6.07) is 0. The van der Waals surface area contributed by atoms with Crippen LogP contribution in [0.3, 0.4) is 0 Å². The maximum atomic E-state index is 12.3. The summed E-state index contributed by atoms with van der Waals surface area (Å²) in [5.74, 6) is -0.104. The predicted molar refractivity (Wildman–Crippen MR) is 71.8 cm³/mol. The molecule has 6 nitrogen and oxygen atoms in total. The minimum atomic E-state index is -0.104. The standard InChI is InChI=1S/C10H12BrN5OS/c1-15(2)3-4-16-9(7(11)5-13-16)10(17)8-6-12-14-18-8/h5-6H,3-4H2,1-2H3. The van der Waals surface area contributed by atoms with Crippen molar-refractivity contribution in [2.75, 3.05) is 20.6 Å². The first-order valence-corrected chi connectivity index (χ1v) is 6.84. The molecular weight excluding hydrogens is 318 g/mol. The van der Waals surface area contributed by atoms with Crippen LogP contribution in [0.25, 0.3) is 0 Å². The lowest BCUT2D eigenvalue weighted by atomic mass is 10.2. The van der Waals surface area contributed by atoms with Crippen molar-refractivity contribution < 1.29 is 4.79 Å². The fourth-order valence-corrected chi connectivity index (χ4v) is 2.37. The van der Waals surface area contributed by atoms with Crippen LogP contribution in [0.15, 0.2) is 16.9 Å². The van der Waals surface area contributed by atoms with Crippen LogP contribution in [0.2, 0.25) is 0 Å². The van der Waals surface area contributed by atoms with Gasteiger partial charge in [0.05, 0.1) is 23.4 Å². The summed E-state index contributed by atoms with van der Waals surface area (Å²) < 4.78 is 6.10. The molecule has 0 aliphatic heterocycles. The van der Waals surface area contributed by atoms with E-state index in [9.17, 15) is 4.79 Å². The number of aromatic nitrogens is 4. The Balaban J connectivity index is 2.26. The van der Waals surface area contributed by atoms with E-state index in [2.05, 4.69) is 30.6 Å². The molecule has 2 aromatic rings. The Bertz CT molecular complexity index is 536. The van der Waals surface area contributed by atoms with Gasteiger partial charge in [-0.15, -0.1) is 5.10 Å². The third-order valence-electron chi connectivity index (χ3n) is 2.35. The first kappa shape index (κ1) is 13.3. The molecule has 0 spiro atoms. The van der Waals surface area contributed by atoms with E-state index >= 15 is 0 Å². The molecule has 8 heteroatoms. The minimum Gasteiger partial charge on any atom is -0.308 e. The minimum absolute atomic E-state index is 0.104. The number of hydrogen-bond donors (Lipinski definition) is 0. The monoisotopic (exact) mass is 329 g/mol. The van der Waals surface area contributed by atoms with Crippen molar-refractivity contribution in [2.45, 2.75) is 6.54 Å². The molecule has 2 rings (SSSR count). The molecule has 0 aromatic carbocycles. The molecule has 18 heavy (non-hydrogen) atoms. The lowest BCUT2D eigenvalue weighted by molar-refractivity contribution is 0.103. The van der Waals surface area contributed by atoms with Gasteiger partial charge < -0.3 is 4.90 Å². The molecule has 0 atom stereocenters. The number of halogens is 1. The van der Waals surface area contributed by atoms with Gasteiger partial charge in [0.1, 0.15) is 10.6 Å². The summed E-state index contributed by atoms with van der Waals surface area (Å²) in [5, 5.41) is 7.89. The summed E-state index contributed by atoms with van der Waals surface area (Å²) in [4.78, 5) is 14.8. The van der Waals surface area contributed by atoms with Gasteiger partial charge in [-0.1, -0.05) is 4.49 Å². The average molecular weight is 330 g/mol. The van der Waals surface area contributed by atoms with E-state index in [1.165, 1.54) is 6.20 Å². The average Bonchev–Trinajstić information content (AvgIpc) is 2.94. The molecule has 2 heterocycles.